The molecular weight excluding hydrogens is 394 g/mol. The van der Waals surface area contributed by atoms with E-state index in [4.69, 9.17) is 14.1 Å². The topological polar surface area (TPSA) is 84.7 Å². The highest BCUT2D eigenvalue weighted by atomic mass is 16.5. The van der Waals surface area contributed by atoms with Crippen LogP contribution in [0.2, 0.25) is 0 Å². The van der Waals surface area contributed by atoms with Gasteiger partial charge in [0.1, 0.15) is 23.6 Å². The summed E-state index contributed by atoms with van der Waals surface area (Å²) in [4.78, 5) is 30.7. The van der Waals surface area contributed by atoms with E-state index < -0.39 is 0 Å². The molecule has 0 bridgehead atoms. The Morgan fingerprint density at radius 3 is 2.65 bits per heavy atom. The molecule has 0 unspecified atom stereocenters. The van der Waals surface area contributed by atoms with Crippen molar-refractivity contribution in [2.45, 2.75) is 20.8 Å². The molecule has 0 aromatic heterocycles. The number of carbonyl (C=O) groups is 1. The quantitative estimate of drug-likeness (QED) is 0.279. The van der Waals surface area contributed by atoms with Crippen LogP contribution in [0.4, 0.5) is 5.69 Å². The number of ether oxygens (including phenoxy) is 1. The number of amides is 1. The first-order valence-electron chi connectivity index (χ1n) is 10.4. The molecule has 160 valence electrons. The predicted octanol–water partition coefficient (Wildman–Crippen LogP) is 3.81. The zero-order valence-corrected chi connectivity index (χ0v) is 17.9. The Hall–Kier alpha value is -3.61. The van der Waals surface area contributed by atoms with E-state index in [1.54, 1.807) is 18.2 Å². The highest BCUT2D eigenvalue weighted by Crippen LogP contribution is 2.33. The van der Waals surface area contributed by atoms with Crippen molar-refractivity contribution >= 4 is 33.5 Å². The summed E-state index contributed by atoms with van der Waals surface area (Å²) in [5.41, 5.74) is 2.90. The van der Waals surface area contributed by atoms with E-state index in [2.05, 4.69) is 24.1 Å². The van der Waals surface area contributed by atoms with Gasteiger partial charge in [-0.25, -0.2) is 4.98 Å². The predicted molar refractivity (Wildman–Crippen MR) is 122 cm³/mol. The molecule has 1 amide bonds. The van der Waals surface area contributed by atoms with Crippen LogP contribution in [0.5, 0.6) is 5.75 Å². The molecule has 0 spiro atoms. The number of hydrogen-bond acceptors (Lipinski definition) is 6. The average molecular weight is 419 g/mol. The van der Waals surface area contributed by atoms with Crippen LogP contribution in [0.15, 0.2) is 51.7 Å². The Bertz CT molecular complexity index is 1280. The van der Waals surface area contributed by atoms with E-state index in [1.807, 2.05) is 18.2 Å². The summed E-state index contributed by atoms with van der Waals surface area (Å²) in [5, 5.41) is 3.93. The Labute approximate surface area is 180 Å². The minimum absolute atomic E-state index is 0.106. The maximum Gasteiger partial charge on any atom is 0.216 e. The van der Waals surface area contributed by atoms with E-state index in [1.165, 1.54) is 13.0 Å². The van der Waals surface area contributed by atoms with E-state index in [0.29, 0.717) is 46.7 Å². The van der Waals surface area contributed by atoms with Crippen molar-refractivity contribution in [1.29, 1.82) is 0 Å². The molecular formula is C24H25N3O4. The standard InChI is InChI=1S/C24H25N3O4/c1-4-27(5-2)16-6-9-20-22(12-16)31-23-14-21(29)18-8-7-17(13-19(18)24(23)26-20)30-11-10-25-15(3)28/h6-9,12-14H,4-5,10-11H2,1-3H3,(H,25,28). The molecule has 0 saturated carbocycles. The van der Waals surface area contributed by atoms with Crippen molar-refractivity contribution in [3.8, 4) is 17.2 Å². The van der Waals surface area contributed by atoms with Crippen molar-refractivity contribution in [3.05, 3.63) is 52.7 Å². The first kappa shape index (κ1) is 20.7. The van der Waals surface area contributed by atoms with Crippen LogP contribution in [0.25, 0.3) is 33.3 Å². The summed E-state index contributed by atoms with van der Waals surface area (Å²) in [7, 11) is 0. The van der Waals surface area contributed by atoms with Gasteiger partial charge < -0.3 is 19.4 Å². The van der Waals surface area contributed by atoms with Gasteiger partial charge in [0.2, 0.25) is 5.91 Å². The summed E-state index contributed by atoms with van der Waals surface area (Å²) < 4.78 is 11.8. The average Bonchev–Trinajstić information content (AvgIpc) is 2.76. The van der Waals surface area contributed by atoms with Gasteiger partial charge in [0.15, 0.2) is 16.8 Å². The number of aromatic nitrogens is 1. The fourth-order valence-corrected chi connectivity index (χ4v) is 3.71. The third-order valence-corrected chi connectivity index (χ3v) is 5.28. The van der Waals surface area contributed by atoms with Crippen LogP contribution in [0.1, 0.15) is 20.8 Å². The lowest BCUT2D eigenvalue weighted by atomic mass is 10.0. The van der Waals surface area contributed by atoms with Gasteiger partial charge in [-0.3, -0.25) is 9.59 Å². The summed E-state index contributed by atoms with van der Waals surface area (Å²) in [6.45, 7) is 8.19. The largest absolute Gasteiger partial charge is 0.492 e. The lowest BCUT2D eigenvalue weighted by Gasteiger charge is -2.21. The summed E-state index contributed by atoms with van der Waals surface area (Å²) in [6.07, 6.45) is 0. The van der Waals surface area contributed by atoms with Crippen molar-refractivity contribution < 1.29 is 13.9 Å². The second-order valence-electron chi connectivity index (χ2n) is 7.30. The lowest BCUT2D eigenvalue weighted by molar-refractivity contribution is -0.119. The van der Waals surface area contributed by atoms with Gasteiger partial charge in [0.05, 0.1) is 6.54 Å². The Morgan fingerprint density at radius 2 is 1.90 bits per heavy atom. The summed E-state index contributed by atoms with van der Waals surface area (Å²) >= 11 is 0. The Morgan fingerprint density at radius 1 is 1.10 bits per heavy atom. The minimum Gasteiger partial charge on any atom is -0.492 e. The van der Waals surface area contributed by atoms with E-state index in [0.717, 1.165) is 24.3 Å². The third kappa shape index (κ3) is 4.17. The Balaban J connectivity index is 1.78. The van der Waals surface area contributed by atoms with Crippen LogP contribution >= 0.6 is 0 Å². The minimum atomic E-state index is -0.128. The van der Waals surface area contributed by atoms with Crippen molar-refractivity contribution in [3.63, 3.8) is 0 Å². The van der Waals surface area contributed by atoms with Gasteiger partial charge in [-0.2, -0.15) is 0 Å². The summed E-state index contributed by atoms with van der Waals surface area (Å²) in [5.74, 6) is 0.937. The molecule has 31 heavy (non-hydrogen) atoms. The number of carbonyl (C=O) groups excluding carboxylic acids is 1. The zero-order chi connectivity index (χ0) is 22.0. The molecule has 1 N–H and O–H groups in total. The lowest BCUT2D eigenvalue weighted by Crippen LogP contribution is -2.25. The van der Waals surface area contributed by atoms with Crippen LogP contribution in [0, 0.1) is 0 Å². The molecule has 1 aliphatic carbocycles. The van der Waals surface area contributed by atoms with Gasteiger partial charge in [0, 0.05) is 48.6 Å². The second-order valence-corrected chi connectivity index (χ2v) is 7.30. The van der Waals surface area contributed by atoms with Gasteiger partial charge in [-0.1, -0.05) is 0 Å². The van der Waals surface area contributed by atoms with Gasteiger partial charge >= 0.3 is 0 Å². The molecule has 1 heterocycles. The van der Waals surface area contributed by atoms with Gasteiger partial charge in [0.25, 0.3) is 0 Å². The molecule has 0 atom stereocenters. The summed E-state index contributed by atoms with van der Waals surface area (Å²) in [6, 6.07) is 12.7. The highest BCUT2D eigenvalue weighted by Gasteiger charge is 2.17. The van der Waals surface area contributed by atoms with Crippen molar-refractivity contribution in [2.24, 2.45) is 0 Å². The zero-order valence-electron chi connectivity index (χ0n) is 17.9. The number of nitrogens with one attached hydrogen (secondary N) is 1. The Kier molecular flexibility index (Phi) is 5.75. The molecule has 7 nitrogen and oxygen atoms in total. The number of benzene rings is 3. The molecule has 4 rings (SSSR count). The number of anilines is 1. The first-order chi connectivity index (χ1) is 15.0. The molecule has 0 radical (unpaired) electrons. The van der Waals surface area contributed by atoms with E-state index in [-0.39, 0.29) is 11.3 Å². The fourth-order valence-electron chi connectivity index (χ4n) is 3.71. The van der Waals surface area contributed by atoms with E-state index in [9.17, 15) is 9.59 Å². The normalized spacial score (nSPS) is 11.2. The maximum atomic E-state index is 12.7. The molecule has 0 fully saturated rings. The molecule has 0 saturated heterocycles. The fraction of sp³-hybridized carbons (Fsp3) is 0.292. The SMILES string of the molecule is CCN(CC)c1ccc2nc3c4cc(OCCNC(C)=O)ccc4c(=O)cc-3oc2c1. The van der Waals surface area contributed by atoms with Crippen LogP contribution in [0.3, 0.4) is 0 Å². The molecule has 2 aromatic carbocycles. The van der Waals surface area contributed by atoms with Gasteiger partial charge in [-0.15, -0.1) is 0 Å². The van der Waals surface area contributed by atoms with E-state index >= 15 is 0 Å². The molecule has 2 aliphatic rings. The van der Waals surface area contributed by atoms with Crippen molar-refractivity contribution in [2.75, 3.05) is 31.1 Å². The second kappa shape index (κ2) is 8.63. The molecule has 2 aromatic rings. The van der Waals surface area contributed by atoms with Crippen molar-refractivity contribution in [1.82, 2.24) is 10.3 Å². The highest BCUT2D eigenvalue weighted by molar-refractivity contribution is 5.97. The van der Waals surface area contributed by atoms with Crippen LogP contribution in [-0.4, -0.2) is 37.1 Å². The smallest absolute Gasteiger partial charge is 0.216 e. The monoisotopic (exact) mass is 419 g/mol. The number of rotatable bonds is 7. The third-order valence-electron chi connectivity index (χ3n) is 5.28. The van der Waals surface area contributed by atoms with Crippen LogP contribution < -0.4 is 20.4 Å². The van der Waals surface area contributed by atoms with Crippen LogP contribution in [-0.2, 0) is 4.79 Å². The number of hydrogen-bond donors (Lipinski definition) is 1. The number of fused-ring (bicyclic) bond motifs is 4. The molecule has 7 heteroatoms. The maximum absolute atomic E-state index is 12.7. The molecule has 1 aliphatic heterocycles. The number of nitrogens with zero attached hydrogens (tertiary/aromatic N) is 2. The van der Waals surface area contributed by atoms with Gasteiger partial charge in [-0.05, 0) is 44.2 Å². The first-order valence-corrected chi connectivity index (χ1v) is 10.4.